The fourth-order valence-corrected chi connectivity index (χ4v) is 2.47. The Kier molecular flexibility index (Phi) is 4.85. The van der Waals surface area contributed by atoms with Crippen LogP contribution < -0.4 is 11.3 Å². The molecule has 0 saturated carbocycles. The largest absolute Gasteiger partial charge is 0.376 e. The number of aromatic nitrogens is 1. The quantitative estimate of drug-likeness (QED) is 0.618. The zero-order valence-corrected chi connectivity index (χ0v) is 11.5. The summed E-state index contributed by atoms with van der Waals surface area (Å²) in [6.07, 6.45) is 4.64. The second-order valence-electron chi connectivity index (χ2n) is 4.49. The summed E-state index contributed by atoms with van der Waals surface area (Å²) in [5, 5.41) is 2.28. The smallest absolute Gasteiger partial charge is 0.0780 e. The molecule has 2 rings (SSSR count). The standard InChI is InChI=1S/C15H21N3O/c1-3-14(19-4-2)15(18-16)12-7-5-6-11-8-9-17-10-13(11)12/h5-10,14-15,18H,3-4,16H2,1-2H3. The van der Waals surface area contributed by atoms with Crippen LogP contribution in [-0.2, 0) is 4.74 Å². The van der Waals surface area contributed by atoms with Gasteiger partial charge in [0, 0.05) is 24.4 Å². The summed E-state index contributed by atoms with van der Waals surface area (Å²) in [6, 6.07) is 8.18. The maximum absolute atomic E-state index is 5.78. The van der Waals surface area contributed by atoms with E-state index in [1.165, 1.54) is 5.39 Å². The molecule has 19 heavy (non-hydrogen) atoms. The van der Waals surface area contributed by atoms with Gasteiger partial charge in [0.15, 0.2) is 0 Å². The zero-order chi connectivity index (χ0) is 13.7. The lowest BCUT2D eigenvalue weighted by atomic mass is 9.95. The van der Waals surface area contributed by atoms with Crippen LogP contribution in [0.5, 0.6) is 0 Å². The topological polar surface area (TPSA) is 60.2 Å². The number of hydrogen-bond donors (Lipinski definition) is 2. The third-order valence-electron chi connectivity index (χ3n) is 3.39. The lowest BCUT2D eigenvalue weighted by Gasteiger charge is -2.26. The molecule has 102 valence electrons. The fourth-order valence-electron chi connectivity index (χ4n) is 2.47. The number of nitrogens with one attached hydrogen (secondary N) is 1. The molecule has 0 fully saturated rings. The molecule has 2 atom stereocenters. The molecule has 2 aromatic rings. The first-order chi connectivity index (χ1) is 9.31. The van der Waals surface area contributed by atoms with Gasteiger partial charge in [-0.1, -0.05) is 25.1 Å². The van der Waals surface area contributed by atoms with Gasteiger partial charge < -0.3 is 4.74 Å². The van der Waals surface area contributed by atoms with E-state index in [4.69, 9.17) is 10.6 Å². The van der Waals surface area contributed by atoms with Gasteiger partial charge in [0.05, 0.1) is 12.1 Å². The lowest BCUT2D eigenvalue weighted by Crippen LogP contribution is -2.38. The zero-order valence-electron chi connectivity index (χ0n) is 11.5. The Balaban J connectivity index is 2.45. The van der Waals surface area contributed by atoms with E-state index < -0.39 is 0 Å². The van der Waals surface area contributed by atoms with Gasteiger partial charge in [-0.25, -0.2) is 0 Å². The van der Waals surface area contributed by atoms with Gasteiger partial charge in [0.2, 0.25) is 0 Å². The molecule has 1 heterocycles. The molecule has 0 aliphatic carbocycles. The molecular weight excluding hydrogens is 238 g/mol. The molecule has 2 unspecified atom stereocenters. The van der Waals surface area contributed by atoms with Crippen molar-refractivity contribution in [3.8, 4) is 0 Å². The van der Waals surface area contributed by atoms with Gasteiger partial charge in [-0.05, 0) is 30.4 Å². The first kappa shape index (κ1) is 13.9. The number of rotatable bonds is 6. The second kappa shape index (κ2) is 6.61. The minimum Gasteiger partial charge on any atom is -0.376 e. The van der Waals surface area contributed by atoms with Crippen LogP contribution in [-0.4, -0.2) is 17.7 Å². The Hall–Kier alpha value is -1.49. The van der Waals surface area contributed by atoms with E-state index in [-0.39, 0.29) is 12.1 Å². The normalized spacial score (nSPS) is 14.5. The predicted molar refractivity (Wildman–Crippen MR) is 77.5 cm³/mol. The maximum Gasteiger partial charge on any atom is 0.0780 e. The molecular formula is C15H21N3O. The summed E-state index contributed by atoms with van der Waals surface area (Å²) < 4.78 is 5.78. The molecule has 0 spiro atoms. The van der Waals surface area contributed by atoms with E-state index in [1.807, 2.05) is 25.3 Å². The Morgan fingerprint density at radius 3 is 2.84 bits per heavy atom. The van der Waals surface area contributed by atoms with Gasteiger partial charge >= 0.3 is 0 Å². The highest BCUT2D eigenvalue weighted by Gasteiger charge is 2.22. The van der Waals surface area contributed by atoms with E-state index in [1.54, 1.807) is 6.20 Å². The molecule has 0 radical (unpaired) electrons. The summed E-state index contributed by atoms with van der Waals surface area (Å²) in [7, 11) is 0. The highest BCUT2D eigenvalue weighted by Crippen LogP contribution is 2.27. The number of hydrazine groups is 1. The highest BCUT2D eigenvalue weighted by atomic mass is 16.5. The van der Waals surface area contributed by atoms with Gasteiger partial charge in [0.25, 0.3) is 0 Å². The van der Waals surface area contributed by atoms with E-state index in [2.05, 4.69) is 29.5 Å². The number of benzene rings is 1. The lowest BCUT2D eigenvalue weighted by molar-refractivity contribution is 0.0317. The molecule has 0 aliphatic heterocycles. The molecule has 1 aromatic heterocycles. The molecule has 3 N–H and O–H groups in total. The molecule has 0 aliphatic rings. The average Bonchev–Trinajstić information content (AvgIpc) is 2.47. The average molecular weight is 259 g/mol. The highest BCUT2D eigenvalue weighted by molar-refractivity contribution is 5.85. The van der Waals surface area contributed by atoms with Crippen molar-refractivity contribution < 1.29 is 4.74 Å². The maximum atomic E-state index is 5.78. The molecule has 0 bridgehead atoms. The summed E-state index contributed by atoms with van der Waals surface area (Å²) in [5.41, 5.74) is 4.03. The van der Waals surface area contributed by atoms with E-state index in [0.717, 1.165) is 17.4 Å². The van der Waals surface area contributed by atoms with Crippen molar-refractivity contribution in [3.05, 3.63) is 42.2 Å². The molecule has 1 aromatic carbocycles. The van der Waals surface area contributed by atoms with Crippen LogP contribution in [0.2, 0.25) is 0 Å². The number of hydrogen-bond acceptors (Lipinski definition) is 4. The van der Waals surface area contributed by atoms with Crippen LogP contribution in [0.25, 0.3) is 10.8 Å². The van der Waals surface area contributed by atoms with Crippen molar-refractivity contribution in [2.24, 2.45) is 5.84 Å². The molecule has 0 amide bonds. The fraction of sp³-hybridized carbons (Fsp3) is 0.400. The minimum absolute atomic E-state index is 0.0298. The van der Waals surface area contributed by atoms with Crippen LogP contribution in [0.4, 0.5) is 0 Å². The first-order valence-corrected chi connectivity index (χ1v) is 6.72. The molecule has 0 saturated heterocycles. The van der Waals surface area contributed by atoms with Crippen molar-refractivity contribution in [1.29, 1.82) is 0 Å². The van der Waals surface area contributed by atoms with Crippen LogP contribution in [0.3, 0.4) is 0 Å². The van der Waals surface area contributed by atoms with Crippen molar-refractivity contribution >= 4 is 10.8 Å². The van der Waals surface area contributed by atoms with Crippen LogP contribution in [0, 0.1) is 0 Å². The second-order valence-corrected chi connectivity index (χ2v) is 4.49. The van der Waals surface area contributed by atoms with Crippen molar-refractivity contribution in [3.63, 3.8) is 0 Å². The third kappa shape index (κ3) is 2.92. The van der Waals surface area contributed by atoms with Crippen molar-refractivity contribution in [1.82, 2.24) is 10.4 Å². The van der Waals surface area contributed by atoms with E-state index in [9.17, 15) is 0 Å². The first-order valence-electron chi connectivity index (χ1n) is 6.72. The SMILES string of the molecule is CCOC(CC)C(NN)c1cccc2ccncc12. The van der Waals surface area contributed by atoms with Crippen LogP contribution in [0.1, 0.15) is 31.9 Å². The van der Waals surface area contributed by atoms with Gasteiger partial charge in [0.1, 0.15) is 0 Å². The third-order valence-corrected chi connectivity index (χ3v) is 3.39. The monoisotopic (exact) mass is 259 g/mol. The van der Waals surface area contributed by atoms with Gasteiger partial charge in [-0.15, -0.1) is 0 Å². The Morgan fingerprint density at radius 2 is 2.16 bits per heavy atom. The van der Waals surface area contributed by atoms with Crippen molar-refractivity contribution in [2.75, 3.05) is 6.61 Å². The molecule has 4 heteroatoms. The predicted octanol–water partition coefficient (Wildman–Crippen LogP) is 2.55. The minimum atomic E-state index is -0.0298. The summed E-state index contributed by atoms with van der Waals surface area (Å²) in [5.74, 6) is 5.75. The van der Waals surface area contributed by atoms with Crippen LogP contribution in [0.15, 0.2) is 36.7 Å². The number of fused-ring (bicyclic) bond motifs is 1. The van der Waals surface area contributed by atoms with E-state index >= 15 is 0 Å². The Labute approximate surface area is 113 Å². The van der Waals surface area contributed by atoms with Gasteiger partial charge in [-0.2, -0.15) is 0 Å². The Bertz CT molecular complexity index is 524. The number of nitrogens with two attached hydrogens (primary N) is 1. The molecule has 4 nitrogen and oxygen atoms in total. The van der Waals surface area contributed by atoms with Crippen molar-refractivity contribution in [2.45, 2.75) is 32.4 Å². The van der Waals surface area contributed by atoms with Gasteiger partial charge in [-0.3, -0.25) is 16.3 Å². The van der Waals surface area contributed by atoms with Crippen LogP contribution >= 0.6 is 0 Å². The Morgan fingerprint density at radius 1 is 1.32 bits per heavy atom. The summed E-state index contributed by atoms with van der Waals surface area (Å²) in [6.45, 7) is 4.79. The number of pyridine rings is 1. The summed E-state index contributed by atoms with van der Waals surface area (Å²) in [4.78, 5) is 4.21. The van der Waals surface area contributed by atoms with E-state index in [0.29, 0.717) is 6.61 Å². The number of nitrogens with zero attached hydrogens (tertiary/aromatic N) is 1. The number of ether oxygens (including phenoxy) is 1. The summed E-state index contributed by atoms with van der Waals surface area (Å²) >= 11 is 0.